The Hall–Kier alpha value is -0.640. The molecule has 0 aromatic heterocycles. The van der Waals surface area contributed by atoms with Crippen LogP contribution in [0, 0.1) is 0 Å². The van der Waals surface area contributed by atoms with Gasteiger partial charge >= 0.3 is 6.18 Å². The molecule has 0 aliphatic carbocycles. The summed E-state index contributed by atoms with van der Waals surface area (Å²) in [6.45, 7) is 3.05. The Morgan fingerprint density at radius 2 is 1.91 bits per heavy atom. The van der Waals surface area contributed by atoms with Crippen LogP contribution in [0.5, 0.6) is 0 Å². The number of sulfonamides is 1. The van der Waals surface area contributed by atoms with Gasteiger partial charge in [0.1, 0.15) is 0 Å². The van der Waals surface area contributed by atoms with Crippen LogP contribution in [0.1, 0.15) is 19.4 Å². The summed E-state index contributed by atoms with van der Waals surface area (Å²) in [6.07, 6.45) is -4.85. The van der Waals surface area contributed by atoms with Crippen LogP contribution < -0.4 is 0 Å². The second-order valence-corrected chi connectivity index (χ2v) is 10.3. The fraction of sp³-hybridized carbons (Fsp3) is 0.538. The van der Waals surface area contributed by atoms with E-state index in [1.807, 2.05) is 0 Å². The molecule has 1 atom stereocenters. The van der Waals surface area contributed by atoms with E-state index in [1.54, 1.807) is 13.8 Å². The lowest BCUT2D eigenvalue weighted by molar-refractivity contribution is -0.139. The highest BCUT2D eigenvalue weighted by Crippen LogP contribution is 2.37. The van der Waals surface area contributed by atoms with Crippen molar-refractivity contribution < 1.29 is 25.8 Å². The van der Waals surface area contributed by atoms with Crippen molar-refractivity contribution in [2.45, 2.75) is 29.7 Å². The normalized spacial score (nSPS) is 23.0. The topological polar surface area (TPSA) is 54.5 Å². The van der Waals surface area contributed by atoms with Gasteiger partial charge in [-0.3, -0.25) is 4.21 Å². The van der Waals surface area contributed by atoms with Gasteiger partial charge in [-0.05, 0) is 32.0 Å². The summed E-state index contributed by atoms with van der Waals surface area (Å²) in [5.74, 6) is 0.0845. The summed E-state index contributed by atoms with van der Waals surface area (Å²) in [5.41, 5.74) is -1.30. The molecule has 1 heterocycles. The molecule has 0 bridgehead atoms. The lowest BCUT2D eigenvalue weighted by atomic mass is 10.2. The van der Waals surface area contributed by atoms with Crippen molar-refractivity contribution in [3.63, 3.8) is 0 Å². The lowest BCUT2D eigenvalue weighted by Gasteiger charge is -2.36. The smallest absolute Gasteiger partial charge is 0.259 e. The first-order chi connectivity index (χ1) is 10.4. The molecular formula is C13H15ClF3NO3S2. The molecule has 1 aromatic carbocycles. The predicted molar refractivity (Wildman–Crippen MR) is 82.3 cm³/mol. The van der Waals surface area contributed by atoms with Crippen molar-refractivity contribution in [1.82, 2.24) is 4.31 Å². The van der Waals surface area contributed by atoms with Crippen molar-refractivity contribution >= 4 is 32.4 Å². The Kier molecular flexibility index (Phi) is 4.89. The molecule has 10 heteroatoms. The Balaban J connectivity index is 2.51. The van der Waals surface area contributed by atoms with Crippen LogP contribution in [0.15, 0.2) is 23.1 Å². The van der Waals surface area contributed by atoms with Gasteiger partial charge in [-0.2, -0.15) is 17.5 Å². The highest BCUT2D eigenvalue weighted by atomic mass is 35.5. The lowest BCUT2D eigenvalue weighted by Crippen LogP contribution is -2.52. The van der Waals surface area contributed by atoms with E-state index >= 15 is 0 Å². The molecule has 1 saturated heterocycles. The quantitative estimate of drug-likeness (QED) is 0.781. The van der Waals surface area contributed by atoms with Crippen LogP contribution in [-0.2, 0) is 27.0 Å². The van der Waals surface area contributed by atoms with Gasteiger partial charge in [0.25, 0.3) is 0 Å². The third-order valence-corrected chi connectivity index (χ3v) is 7.62. The van der Waals surface area contributed by atoms with E-state index in [-0.39, 0.29) is 23.9 Å². The van der Waals surface area contributed by atoms with Crippen LogP contribution in [0.4, 0.5) is 13.2 Å². The first-order valence-corrected chi connectivity index (χ1v) is 9.75. The molecule has 0 saturated carbocycles. The molecular weight excluding hydrogens is 375 g/mol. The summed E-state index contributed by atoms with van der Waals surface area (Å²) in [5, 5.41) is -0.198. The third kappa shape index (κ3) is 3.72. The first kappa shape index (κ1) is 18.7. The van der Waals surface area contributed by atoms with Crippen LogP contribution in [0.25, 0.3) is 0 Å². The second kappa shape index (κ2) is 6.02. The summed E-state index contributed by atoms with van der Waals surface area (Å²) < 4.78 is 76.8. The molecule has 1 fully saturated rings. The number of alkyl halides is 3. The average molecular weight is 390 g/mol. The Labute approximate surface area is 140 Å². The van der Waals surface area contributed by atoms with Gasteiger partial charge < -0.3 is 0 Å². The molecule has 0 spiro atoms. The zero-order valence-electron chi connectivity index (χ0n) is 12.4. The van der Waals surface area contributed by atoms with Gasteiger partial charge in [-0.25, -0.2) is 8.42 Å². The molecule has 2 rings (SSSR count). The van der Waals surface area contributed by atoms with Gasteiger partial charge in [-0.15, -0.1) is 0 Å². The molecule has 1 aliphatic rings. The predicted octanol–water partition coefficient (Wildman–Crippen LogP) is 2.89. The highest BCUT2D eigenvalue weighted by Gasteiger charge is 2.43. The molecule has 1 aliphatic heterocycles. The molecule has 23 heavy (non-hydrogen) atoms. The summed E-state index contributed by atoms with van der Waals surface area (Å²) in [7, 11) is -5.60. The van der Waals surface area contributed by atoms with Crippen molar-refractivity contribution in [3.05, 3.63) is 28.8 Å². The average Bonchev–Trinajstić information content (AvgIpc) is 2.40. The molecule has 0 amide bonds. The molecule has 0 unspecified atom stereocenters. The fourth-order valence-corrected chi connectivity index (χ4v) is 5.73. The molecule has 0 N–H and O–H groups in total. The zero-order chi connectivity index (χ0) is 17.6. The van der Waals surface area contributed by atoms with Crippen molar-refractivity contribution in [1.29, 1.82) is 0 Å². The van der Waals surface area contributed by atoms with Crippen LogP contribution in [0.3, 0.4) is 0 Å². The maximum atomic E-state index is 13.1. The van der Waals surface area contributed by atoms with Gasteiger partial charge in [0.15, 0.2) is 0 Å². The highest BCUT2D eigenvalue weighted by molar-refractivity contribution is 7.90. The van der Waals surface area contributed by atoms with E-state index in [0.29, 0.717) is 6.07 Å². The standard InChI is InChI=1S/C13H15ClF3NO3S2/c1-12(2)8-18(5-6-22(12)19)23(20,21)11-4-3-9(14)7-10(11)13(15,16)17/h3-4,7H,5-6,8H2,1-2H3/t22-/m1/s1. The minimum absolute atomic E-state index is 0.0845. The first-order valence-electron chi connectivity index (χ1n) is 6.61. The van der Waals surface area contributed by atoms with Gasteiger partial charge in [0.2, 0.25) is 10.0 Å². The van der Waals surface area contributed by atoms with Crippen molar-refractivity contribution in [2.75, 3.05) is 18.8 Å². The Morgan fingerprint density at radius 3 is 2.43 bits per heavy atom. The van der Waals surface area contributed by atoms with E-state index in [2.05, 4.69) is 0 Å². The van der Waals surface area contributed by atoms with Gasteiger partial charge in [0.05, 0.1) is 15.2 Å². The minimum Gasteiger partial charge on any atom is -0.259 e. The van der Waals surface area contributed by atoms with Crippen LogP contribution >= 0.6 is 11.6 Å². The van der Waals surface area contributed by atoms with Crippen LogP contribution in [-0.4, -0.2) is 40.5 Å². The zero-order valence-corrected chi connectivity index (χ0v) is 14.7. The van der Waals surface area contributed by atoms with E-state index in [1.165, 1.54) is 0 Å². The summed E-state index contributed by atoms with van der Waals surface area (Å²) in [6, 6.07) is 2.57. The van der Waals surface area contributed by atoms with Crippen molar-refractivity contribution in [3.8, 4) is 0 Å². The number of halogens is 4. The SMILES string of the molecule is CC1(C)CN(S(=O)(=O)c2ccc(Cl)cc2C(F)(F)F)CC[S@]1=O. The van der Waals surface area contributed by atoms with E-state index in [0.717, 1.165) is 16.4 Å². The number of hydrogen-bond donors (Lipinski definition) is 0. The van der Waals surface area contributed by atoms with E-state index in [9.17, 15) is 25.8 Å². The Bertz CT molecular complexity index is 747. The molecule has 0 radical (unpaired) electrons. The van der Waals surface area contributed by atoms with Gasteiger partial charge in [-0.1, -0.05) is 11.6 Å². The fourth-order valence-electron chi connectivity index (χ4n) is 2.33. The molecule has 4 nitrogen and oxygen atoms in total. The number of nitrogens with zero attached hydrogens (tertiary/aromatic N) is 1. The van der Waals surface area contributed by atoms with Gasteiger partial charge in [0, 0.05) is 34.7 Å². The number of rotatable bonds is 2. The Morgan fingerprint density at radius 1 is 1.30 bits per heavy atom. The van der Waals surface area contributed by atoms with Crippen molar-refractivity contribution in [2.24, 2.45) is 0 Å². The summed E-state index contributed by atoms with van der Waals surface area (Å²) >= 11 is 5.57. The summed E-state index contributed by atoms with van der Waals surface area (Å²) in [4.78, 5) is -0.835. The largest absolute Gasteiger partial charge is 0.417 e. The monoisotopic (exact) mass is 389 g/mol. The van der Waals surface area contributed by atoms with E-state index < -0.39 is 42.2 Å². The number of hydrogen-bond acceptors (Lipinski definition) is 3. The maximum Gasteiger partial charge on any atom is 0.417 e. The van der Waals surface area contributed by atoms with E-state index in [4.69, 9.17) is 11.6 Å². The van der Waals surface area contributed by atoms with Crippen LogP contribution in [0.2, 0.25) is 5.02 Å². The molecule has 1 aromatic rings. The molecule has 130 valence electrons. The second-order valence-electron chi connectivity index (χ2n) is 5.79. The third-order valence-electron chi connectivity index (χ3n) is 3.56. The number of benzene rings is 1. The minimum atomic E-state index is -4.85. The maximum absolute atomic E-state index is 13.1.